The molecular weight excluding hydrogens is 795 g/mol. The molecule has 0 saturated heterocycles. The third-order valence-electron chi connectivity index (χ3n) is 10.5. The number of carbonyl (C=O) groups is 4. The van der Waals surface area contributed by atoms with Crippen molar-refractivity contribution in [2.75, 3.05) is 26.4 Å². The van der Waals surface area contributed by atoms with E-state index < -0.39 is 17.9 Å². The Kier molecular flexibility index (Phi) is 19.0. The number of carbonyl (C=O) groups excluding carboxylic acids is 4. The fraction of sp³-hybridized carbons (Fsp3) is 0.417. The first-order valence-electron chi connectivity index (χ1n) is 21.3. The molecule has 1 aliphatic carbocycles. The van der Waals surface area contributed by atoms with Crippen molar-refractivity contribution in [1.29, 1.82) is 0 Å². The van der Waals surface area contributed by atoms with Crippen LogP contribution in [0.5, 0.6) is 17.2 Å². The summed E-state index contributed by atoms with van der Waals surface area (Å²) in [6.07, 6.45) is 13.8. The zero-order chi connectivity index (χ0) is 43.2. The number of hydrazone groups is 1. The first kappa shape index (κ1) is 46.2. The molecule has 4 aromatic rings. The fourth-order valence-corrected chi connectivity index (χ4v) is 7.87. The van der Waals surface area contributed by atoms with Crippen LogP contribution >= 0.6 is 11.3 Å². The molecule has 5 rings (SSSR count). The van der Waals surface area contributed by atoms with Crippen LogP contribution in [0.25, 0.3) is 10.2 Å². The minimum atomic E-state index is -0.585. The number of hydrogen-bond donors (Lipinski definition) is 1. The predicted molar refractivity (Wildman–Crippen MR) is 237 cm³/mol. The van der Waals surface area contributed by atoms with Crippen molar-refractivity contribution in [3.05, 3.63) is 108 Å². The average Bonchev–Trinajstić information content (AvgIpc) is 3.72. The minimum Gasteiger partial charge on any atom is -0.494 e. The summed E-state index contributed by atoms with van der Waals surface area (Å²) in [6, 6.07) is 19.5. The number of benzene rings is 3. The Balaban J connectivity index is 1.31. The van der Waals surface area contributed by atoms with E-state index in [1.54, 1.807) is 42.5 Å². The number of para-hydroxylation sites is 1. The third kappa shape index (κ3) is 15.0. The van der Waals surface area contributed by atoms with Crippen LogP contribution in [0.15, 0.2) is 97.1 Å². The van der Waals surface area contributed by atoms with Crippen LogP contribution in [0.1, 0.15) is 111 Å². The van der Waals surface area contributed by atoms with Gasteiger partial charge in [0, 0.05) is 18.7 Å². The second kappa shape index (κ2) is 25.1. The van der Waals surface area contributed by atoms with Gasteiger partial charge in [0.2, 0.25) is 0 Å². The summed E-state index contributed by atoms with van der Waals surface area (Å²) in [4.78, 5) is 54.6. The van der Waals surface area contributed by atoms with Gasteiger partial charge < -0.3 is 29.1 Å². The molecule has 0 spiro atoms. The van der Waals surface area contributed by atoms with Crippen LogP contribution in [0, 0.1) is 11.8 Å². The molecule has 1 fully saturated rings. The van der Waals surface area contributed by atoms with Crippen LogP contribution in [0.2, 0.25) is 0 Å². The Morgan fingerprint density at radius 1 is 0.770 bits per heavy atom. The molecule has 324 valence electrons. The maximum Gasteiger partial charge on any atom is 0.343 e. The van der Waals surface area contributed by atoms with Crippen molar-refractivity contribution in [2.45, 2.75) is 90.4 Å². The van der Waals surface area contributed by atoms with Gasteiger partial charge in [0.15, 0.2) is 0 Å². The molecule has 12 nitrogen and oxygen atoms in total. The molecule has 13 heteroatoms. The molecule has 0 atom stereocenters. The van der Waals surface area contributed by atoms with Crippen LogP contribution in [-0.2, 0) is 23.9 Å². The van der Waals surface area contributed by atoms with Gasteiger partial charge in [0.25, 0.3) is 0 Å². The monoisotopic (exact) mass is 851 g/mol. The SMILES string of the molecule is C=CC(=O)OCCCCCCNN=C(c1nc2ccccc2s1)c1cc(OC(=O)C2CCC(CC)CC2)ccc1OC(=O)c1ccc(OCCCCCCOC(=O)C=C)cc1. The summed E-state index contributed by atoms with van der Waals surface area (Å²) >= 11 is 1.45. The second-order valence-electron chi connectivity index (χ2n) is 14.9. The number of rotatable bonds is 25. The molecular formula is C48H57N3O9S. The largest absolute Gasteiger partial charge is 0.494 e. The Labute approximate surface area is 362 Å². The summed E-state index contributed by atoms with van der Waals surface area (Å²) < 4.78 is 29.0. The number of fused-ring (bicyclic) bond motifs is 1. The number of unbranched alkanes of at least 4 members (excludes halogenated alkanes) is 6. The van der Waals surface area contributed by atoms with Gasteiger partial charge in [0.05, 0.1) is 47.1 Å². The highest BCUT2D eigenvalue weighted by Crippen LogP contribution is 2.34. The Hall–Kier alpha value is -5.82. The lowest BCUT2D eigenvalue weighted by molar-refractivity contribution is -0.140. The fourth-order valence-electron chi connectivity index (χ4n) is 6.90. The quantitative estimate of drug-likeness (QED) is 0.0169. The topological polar surface area (TPSA) is 152 Å². The lowest BCUT2D eigenvalue weighted by atomic mass is 9.81. The van der Waals surface area contributed by atoms with E-state index in [2.05, 4.69) is 25.5 Å². The first-order valence-corrected chi connectivity index (χ1v) is 22.2. The molecule has 61 heavy (non-hydrogen) atoms. The van der Waals surface area contributed by atoms with Crippen molar-refractivity contribution in [1.82, 2.24) is 10.4 Å². The standard InChI is InChI=1S/C48H57N3O9S/c1-4-34-19-21-35(22-20-34)47(54)59-38-27-28-41(60-48(55)36-23-25-37(26-24-36)56-30-14-9-10-16-32-58-44(53)6-3)39(33-38)45(46-50-40-17-11-12-18-42(40)61-46)51-49-29-13-7-8-15-31-57-43(52)5-2/h5-6,11-12,17-18,23-28,33-35,49H,2-4,7-10,13-16,19-22,29-32H2,1H3. The van der Waals surface area contributed by atoms with Gasteiger partial charge >= 0.3 is 23.9 Å². The van der Waals surface area contributed by atoms with Gasteiger partial charge in [-0.3, -0.25) is 4.79 Å². The van der Waals surface area contributed by atoms with Gasteiger partial charge in [-0.1, -0.05) is 45.1 Å². The number of thiazole rings is 1. The zero-order valence-electron chi connectivity index (χ0n) is 35.1. The van der Waals surface area contributed by atoms with Crippen molar-refractivity contribution >= 4 is 51.1 Å². The highest BCUT2D eigenvalue weighted by atomic mass is 32.1. The van der Waals surface area contributed by atoms with Gasteiger partial charge in [-0.05, 0) is 131 Å². The van der Waals surface area contributed by atoms with E-state index in [-0.39, 0.29) is 17.6 Å². The van der Waals surface area contributed by atoms with Crippen molar-refractivity contribution in [3.8, 4) is 17.2 Å². The number of hydrogen-bond acceptors (Lipinski definition) is 13. The van der Waals surface area contributed by atoms with Crippen LogP contribution in [0.3, 0.4) is 0 Å². The molecule has 0 amide bonds. The number of nitrogens with zero attached hydrogens (tertiary/aromatic N) is 2. The molecule has 3 aromatic carbocycles. The zero-order valence-corrected chi connectivity index (χ0v) is 35.9. The van der Waals surface area contributed by atoms with Crippen molar-refractivity contribution in [3.63, 3.8) is 0 Å². The maximum absolute atomic E-state index is 13.7. The summed E-state index contributed by atoms with van der Waals surface area (Å²) in [5.74, 6) is -0.0605. The maximum atomic E-state index is 13.7. The second-order valence-corrected chi connectivity index (χ2v) is 15.9. The Morgan fingerprint density at radius 2 is 1.41 bits per heavy atom. The van der Waals surface area contributed by atoms with Gasteiger partial charge in [-0.25, -0.2) is 19.4 Å². The Morgan fingerprint density at radius 3 is 2.07 bits per heavy atom. The smallest absolute Gasteiger partial charge is 0.343 e. The molecule has 0 aliphatic heterocycles. The summed E-state index contributed by atoms with van der Waals surface area (Å²) in [5, 5.41) is 5.43. The van der Waals surface area contributed by atoms with Gasteiger partial charge in [-0.15, -0.1) is 11.3 Å². The summed E-state index contributed by atoms with van der Waals surface area (Å²) in [5.41, 5.74) is 5.18. The lowest BCUT2D eigenvalue weighted by Crippen LogP contribution is -2.25. The van der Waals surface area contributed by atoms with E-state index >= 15 is 0 Å². The number of ether oxygens (including phenoxy) is 5. The number of esters is 4. The van der Waals surface area contributed by atoms with Crippen molar-refractivity contribution in [2.24, 2.45) is 16.9 Å². The summed E-state index contributed by atoms with van der Waals surface area (Å²) in [6.45, 7) is 10.8. The van der Waals surface area contributed by atoms with E-state index in [0.717, 1.165) is 106 Å². The highest BCUT2D eigenvalue weighted by molar-refractivity contribution is 7.20. The molecule has 0 radical (unpaired) electrons. The van der Waals surface area contributed by atoms with E-state index in [9.17, 15) is 19.2 Å². The molecule has 1 aromatic heterocycles. The first-order chi connectivity index (χ1) is 29.8. The van der Waals surface area contributed by atoms with E-state index in [4.69, 9.17) is 33.8 Å². The van der Waals surface area contributed by atoms with Crippen LogP contribution in [0.4, 0.5) is 0 Å². The van der Waals surface area contributed by atoms with E-state index in [0.29, 0.717) is 65.6 Å². The normalized spacial score (nSPS) is 15.1. The molecule has 1 saturated carbocycles. The lowest BCUT2D eigenvalue weighted by Gasteiger charge is -2.26. The minimum absolute atomic E-state index is 0.176. The van der Waals surface area contributed by atoms with Crippen LogP contribution in [-0.4, -0.2) is 60.9 Å². The molecule has 0 unspecified atom stereocenters. The predicted octanol–water partition coefficient (Wildman–Crippen LogP) is 9.94. The van der Waals surface area contributed by atoms with Gasteiger partial charge in [-0.2, -0.15) is 5.10 Å². The van der Waals surface area contributed by atoms with Crippen LogP contribution < -0.4 is 19.6 Å². The van der Waals surface area contributed by atoms with Gasteiger partial charge in [0.1, 0.15) is 28.0 Å². The number of nitrogens with one attached hydrogen (secondary N) is 1. The molecule has 1 aliphatic rings. The molecule has 0 bridgehead atoms. The van der Waals surface area contributed by atoms with Crippen molar-refractivity contribution < 1.29 is 42.9 Å². The summed E-state index contributed by atoms with van der Waals surface area (Å²) in [7, 11) is 0. The molecule has 1 N–H and O–H groups in total. The average molecular weight is 852 g/mol. The number of aromatic nitrogens is 1. The Bertz CT molecular complexity index is 2070. The van der Waals surface area contributed by atoms with E-state index in [1.165, 1.54) is 11.3 Å². The van der Waals surface area contributed by atoms with E-state index in [1.807, 2.05) is 24.3 Å². The highest BCUT2D eigenvalue weighted by Gasteiger charge is 2.28. The molecule has 1 heterocycles. The third-order valence-corrected chi connectivity index (χ3v) is 11.5.